The van der Waals surface area contributed by atoms with Gasteiger partial charge in [-0.3, -0.25) is 9.59 Å². The van der Waals surface area contributed by atoms with Crippen molar-refractivity contribution in [2.45, 2.75) is 39.0 Å². The fraction of sp³-hybridized carbons (Fsp3) is 0.350. The Morgan fingerprint density at radius 1 is 1.23 bits per heavy atom. The Labute approximate surface area is 152 Å². The first-order chi connectivity index (χ1) is 12.6. The molecule has 6 heteroatoms. The van der Waals surface area contributed by atoms with Crippen LogP contribution in [0.3, 0.4) is 0 Å². The summed E-state index contributed by atoms with van der Waals surface area (Å²) in [6.07, 6.45) is 7.11. The third-order valence-electron chi connectivity index (χ3n) is 3.94. The SMILES string of the molecule is CC=CC(=O)ONC(=O)CCC(Cc1ccccc1)C(=O)OC1=CCC1. The standard InChI is InChI=1S/C20H23NO5/c1-2-7-19(23)26-21-18(22)13-12-16(14-15-8-4-3-5-9-15)20(24)25-17-10-6-11-17/h2-5,7-10,16H,6,11-14H2,1H3,(H,21,22). The number of ether oxygens (including phenoxy) is 1. The summed E-state index contributed by atoms with van der Waals surface area (Å²) in [5.41, 5.74) is 3.08. The first-order valence-electron chi connectivity index (χ1n) is 8.65. The Bertz CT molecular complexity index is 693. The molecule has 0 heterocycles. The third-order valence-corrected chi connectivity index (χ3v) is 3.94. The van der Waals surface area contributed by atoms with E-state index in [4.69, 9.17) is 4.74 Å². The van der Waals surface area contributed by atoms with Crippen molar-refractivity contribution in [2.24, 2.45) is 5.92 Å². The average molecular weight is 357 g/mol. The van der Waals surface area contributed by atoms with Crippen LogP contribution in [0.1, 0.15) is 38.2 Å². The van der Waals surface area contributed by atoms with Crippen LogP contribution >= 0.6 is 0 Å². The normalized spacial score (nSPS) is 14.1. The molecule has 1 aliphatic carbocycles. The molecule has 0 saturated carbocycles. The number of amides is 1. The van der Waals surface area contributed by atoms with Crippen LogP contribution in [0.25, 0.3) is 0 Å². The van der Waals surface area contributed by atoms with E-state index in [0.29, 0.717) is 18.6 Å². The Balaban J connectivity index is 1.89. The lowest BCUT2D eigenvalue weighted by molar-refractivity contribution is -0.154. The van der Waals surface area contributed by atoms with Crippen LogP contribution in [0.5, 0.6) is 0 Å². The molecule has 6 nitrogen and oxygen atoms in total. The molecule has 1 aromatic carbocycles. The van der Waals surface area contributed by atoms with Crippen molar-refractivity contribution >= 4 is 17.8 Å². The molecular weight excluding hydrogens is 334 g/mol. The number of benzene rings is 1. The molecule has 1 N–H and O–H groups in total. The third kappa shape index (κ3) is 6.55. The minimum atomic E-state index is -0.655. The van der Waals surface area contributed by atoms with Gasteiger partial charge in [0.15, 0.2) is 0 Å². The second-order valence-corrected chi connectivity index (χ2v) is 6.00. The second kappa shape index (κ2) is 10.2. The molecule has 1 aliphatic rings. The predicted molar refractivity (Wildman–Crippen MR) is 95.3 cm³/mol. The van der Waals surface area contributed by atoms with Gasteiger partial charge in [0, 0.05) is 18.9 Å². The van der Waals surface area contributed by atoms with Gasteiger partial charge in [-0.05, 0) is 37.8 Å². The van der Waals surface area contributed by atoms with Gasteiger partial charge in [0.25, 0.3) is 5.91 Å². The number of carbonyl (C=O) groups is 3. The van der Waals surface area contributed by atoms with Gasteiger partial charge in [-0.1, -0.05) is 36.4 Å². The molecule has 1 atom stereocenters. The lowest BCUT2D eigenvalue weighted by Gasteiger charge is -2.19. The first-order valence-corrected chi connectivity index (χ1v) is 8.65. The molecule has 26 heavy (non-hydrogen) atoms. The van der Waals surface area contributed by atoms with E-state index in [9.17, 15) is 14.4 Å². The molecule has 138 valence electrons. The van der Waals surface area contributed by atoms with Gasteiger partial charge in [0.2, 0.25) is 0 Å². The highest BCUT2D eigenvalue weighted by atomic mass is 16.7. The van der Waals surface area contributed by atoms with Gasteiger partial charge in [0.05, 0.1) is 5.92 Å². The quantitative estimate of drug-likeness (QED) is 0.439. The molecule has 2 rings (SSSR count). The number of esters is 1. The maximum atomic E-state index is 12.4. The minimum absolute atomic E-state index is 0.0504. The average Bonchev–Trinajstić information content (AvgIpc) is 2.61. The number of hydrogen-bond donors (Lipinski definition) is 1. The van der Waals surface area contributed by atoms with Gasteiger partial charge in [0.1, 0.15) is 5.76 Å². The van der Waals surface area contributed by atoms with E-state index < -0.39 is 17.8 Å². The van der Waals surface area contributed by atoms with E-state index in [0.717, 1.165) is 18.4 Å². The fourth-order valence-corrected chi connectivity index (χ4v) is 2.40. The summed E-state index contributed by atoms with van der Waals surface area (Å²) in [5, 5.41) is 0. The van der Waals surface area contributed by atoms with Crippen molar-refractivity contribution in [1.82, 2.24) is 5.48 Å². The van der Waals surface area contributed by atoms with Crippen LogP contribution in [0.15, 0.2) is 54.3 Å². The molecule has 1 amide bonds. The Hall–Kier alpha value is -2.89. The lowest BCUT2D eigenvalue weighted by atomic mass is 9.94. The molecule has 1 aromatic rings. The molecule has 1 unspecified atom stereocenters. The zero-order valence-electron chi connectivity index (χ0n) is 14.8. The van der Waals surface area contributed by atoms with E-state index in [2.05, 4.69) is 10.3 Å². The van der Waals surface area contributed by atoms with Crippen molar-refractivity contribution in [1.29, 1.82) is 0 Å². The molecule has 0 fully saturated rings. The summed E-state index contributed by atoms with van der Waals surface area (Å²) >= 11 is 0. The lowest BCUT2D eigenvalue weighted by Crippen LogP contribution is -2.28. The highest BCUT2D eigenvalue weighted by Gasteiger charge is 2.24. The van der Waals surface area contributed by atoms with Crippen molar-refractivity contribution < 1.29 is 24.0 Å². The van der Waals surface area contributed by atoms with Crippen LogP contribution in [-0.4, -0.2) is 17.8 Å². The summed E-state index contributed by atoms with van der Waals surface area (Å²) < 4.78 is 5.38. The van der Waals surface area contributed by atoms with Gasteiger partial charge in [-0.2, -0.15) is 5.48 Å². The smallest absolute Gasteiger partial charge is 0.355 e. The second-order valence-electron chi connectivity index (χ2n) is 6.00. The summed E-state index contributed by atoms with van der Waals surface area (Å²) in [4.78, 5) is 40.1. The summed E-state index contributed by atoms with van der Waals surface area (Å²) in [7, 11) is 0. The van der Waals surface area contributed by atoms with E-state index in [-0.39, 0.29) is 12.4 Å². The molecule has 0 bridgehead atoms. The monoisotopic (exact) mass is 357 g/mol. The van der Waals surface area contributed by atoms with E-state index in [1.54, 1.807) is 6.92 Å². The summed E-state index contributed by atoms with van der Waals surface area (Å²) in [5.74, 6) is -1.21. The number of carbonyl (C=O) groups excluding carboxylic acids is 3. The van der Waals surface area contributed by atoms with Crippen molar-refractivity contribution in [2.75, 3.05) is 0 Å². The van der Waals surface area contributed by atoms with Crippen LogP contribution in [0, 0.1) is 5.92 Å². The van der Waals surface area contributed by atoms with E-state index in [1.165, 1.54) is 12.2 Å². The van der Waals surface area contributed by atoms with Crippen LogP contribution < -0.4 is 5.48 Å². The van der Waals surface area contributed by atoms with Crippen LogP contribution in [-0.2, 0) is 30.4 Å². The van der Waals surface area contributed by atoms with E-state index >= 15 is 0 Å². The number of hydrogen-bond acceptors (Lipinski definition) is 5. The van der Waals surface area contributed by atoms with Gasteiger partial charge in [-0.25, -0.2) is 4.79 Å². The highest BCUT2D eigenvalue weighted by Crippen LogP contribution is 2.23. The predicted octanol–water partition coefficient (Wildman–Crippen LogP) is 3.00. The maximum Gasteiger partial charge on any atom is 0.355 e. The Morgan fingerprint density at radius 2 is 1.96 bits per heavy atom. The Kier molecular flexibility index (Phi) is 7.61. The summed E-state index contributed by atoms with van der Waals surface area (Å²) in [6, 6.07) is 9.57. The van der Waals surface area contributed by atoms with Crippen molar-refractivity contribution in [3.63, 3.8) is 0 Å². The molecule has 0 spiro atoms. The fourth-order valence-electron chi connectivity index (χ4n) is 2.40. The van der Waals surface area contributed by atoms with Crippen molar-refractivity contribution in [3.05, 3.63) is 59.9 Å². The highest BCUT2D eigenvalue weighted by molar-refractivity contribution is 5.84. The molecular formula is C20H23NO5. The Morgan fingerprint density at radius 3 is 2.58 bits per heavy atom. The largest absolute Gasteiger partial charge is 0.431 e. The minimum Gasteiger partial charge on any atom is -0.431 e. The van der Waals surface area contributed by atoms with E-state index in [1.807, 2.05) is 36.4 Å². The molecule has 0 aliphatic heterocycles. The van der Waals surface area contributed by atoms with Gasteiger partial charge >= 0.3 is 11.9 Å². The van der Waals surface area contributed by atoms with Gasteiger partial charge < -0.3 is 9.57 Å². The zero-order chi connectivity index (χ0) is 18.8. The van der Waals surface area contributed by atoms with Gasteiger partial charge in [-0.15, -0.1) is 0 Å². The number of allylic oxidation sites excluding steroid dienone is 3. The maximum absolute atomic E-state index is 12.4. The summed E-state index contributed by atoms with van der Waals surface area (Å²) in [6.45, 7) is 1.67. The molecule has 0 aromatic heterocycles. The number of rotatable bonds is 8. The van der Waals surface area contributed by atoms with Crippen molar-refractivity contribution in [3.8, 4) is 0 Å². The van der Waals surface area contributed by atoms with Crippen LogP contribution in [0.4, 0.5) is 0 Å². The first kappa shape index (κ1) is 19.4. The topological polar surface area (TPSA) is 81.7 Å². The van der Waals surface area contributed by atoms with Crippen LogP contribution in [0.2, 0.25) is 0 Å². The molecule has 0 saturated heterocycles. The zero-order valence-corrected chi connectivity index (χ0v) is 14.8. The number of hydroxylamine groups is 1. The molecule has 0 radical (unpaired) electrons. The number of nitrogens with one attached hydrogen (secondary N) is 1.